The van der Waals surface area contributed by atoms with Gasteiger partial charge >= 0.3 is 0 Å². The maximum absolute atomic E-state index is 12.8. The van der Waals surface area contributed by atoms with Gasteiger partial charge in [0.2, 0.25) is 11.8 Å². The number of primary amides is 1. The van der Waals surface area contributed by atoms with Gasteiger partial charge in [-0.15, -0.1) is 0 Å². The van der Waals surface area contributed by atoms with Crippen LogP contribution in [0, 0.1) is 0 Å². The van der Waals surface area contributed by atoms with E-state index in [2.05, 4.69) is 6.92 Å². The lowest BCUT2D eigenvalue weighted by molar-refractivity contribution is -0.134. The van der Waals surface area contributed by atoms with Crippen molar-refractivity contribution in [2.75, 3.05) is 20.3 Å². The molecule has 2 N–H and O–H groups in total. The maximum Gasteiger partial charge on any atom is 0.245 e. The molecule has 6 nitrogen and oxygen atoms in total. The number of benzene rings is 1. The van der Waals surface area contributed by atoms with E-state index in [1.165, 1.54) is 0 Å². The quantitative estimate of drug-likeness (QED) is 0.760. The van der Waals surface area contributed by atoms with Crippen LogP contribution in [0.15, 0.2) is 35.9 Å². The van der Waals surface area contributed by atoms with Gasteiger partial charge in [0.1, 0.15) is 11.9 Å². The molecule has 0 saturated heterocycles. The van der Waals surface area contributed by atoms with Crippen molar-refractivity contribution in [3.63, 3.8) is 0 Å². The van der Waals surface area contributed by atoms with Crippen LogP contribution in [0.3, 0.4) is 0 Å². The summed E-state index contributed by atoms with van der Waals surface area (Å²) in [6.07, 6.45) is 4.61. The number of methoxy groups -OCH3 is 1. The molecule has 1 aromatic carbocycles. The fourth-order valence-electron chi connectivity index (χ4n) is 4.03. The molecule has 0 saturated carbocycles. The topological polar surface area (TPSA) is 81.9 Å². The number of fused-ring (bicyclic) bond motifs is 3. The molecule has 3 unspecified atom stereocenters. The third kappa shape index (κ3) is 4.00. The first kappa shape index (κ1) is 19.4. The van der Waals surface area contributed by atoms with Crippen LogP contribution in [0.4, 0.5) is 0 Å². The molecule has 0 radical (unpaired) electrons. The number of carbonyl (C=O) groups excluding carboxylic acids is 2. The monoisotopic (exact) mass is 372 g/mol. The van der Waals surface area contributed by atoms with Crippen LogP contribution in [0.25, 0.3) is 0 Å². The summed E-state index contributed by atoms with van der Waals surface area (Å²) in [5, 5.41) is 0. The summed E-state index contributed by atoms with van der Waals surface area (Å²) in [5.74, 6) is 0.252. The number of hydrogen-bond donors (Lipinski definition) is 1. The highest BCUT2D eigenvalue weighted by Gasteiger charge is 2.44. The lowest BCUT2D eigenvalue weighted by Crippen LogP contribution is -2.47. The van der Waals surface area contributed by atoms with E-state index in [4.69, 9.17) is 15.2 Å². The summed E-state index contributed by atoms with van der Waals surface area (Å²) in [5.41, 5.74) is 7.23. The highest BCUT2D eigenvalue weighted by atomic mass is 16.5. The lowest BCUT2D eigenvalue weighted by atomic mass is 9.79. The zero-order chi connectivity index (χ0) is 19.4. The van der Waals surface area contributed by atoms with Crippen LogP contribution in [-0.2, 0) is 14.3 Å². The highest BCUT2D eigenvalue weighted by molar-refractivity contribution is 5.94. The van der Waals surface area contributed by atoms with Crippen molar-refractivity contribution < 1.29 is 19.1 Å². The van der Waals surface area contributed by atoms with E-state index in [1.54, 1.807) is 7.11 Å². The van der Waals surface area contributed by atoms with Crippen molar-refractivity contribution >= 4 is 11.8 Å². The number of carbonyl (C=O) groups is 2. The fourth-order valence-corrected chi connectivity index (χ4v) is 4.03. The van der Waals surface area contributed by atoms with Crippen LogP contribution in [0.2, 0.25) is 0 Å². The molecular formula is C21H28N2O4. The van der Waals surface area contributed by atoms with Crippen LogP contribution in [0.1, 0.15) is 44.1 Å². The SMILES string of the molecule is CCCCC(=O)N(CCOC)C1C=C(C(N)=O)C2c3ccccc3OC2C1. The molecule has 3 rings (SSSR count). The molecule has 3 atom stereocenters. The van der Waals surface area contributed by atoms with E-state index < -0.39 is 5.91 Å². The molecule has 1 aliphatic carbocycles. The second kappa shape index (κ2) is 8.57. The van der Waals surface area contributed by atoms with Gasteiger partial charge in [-0.2, -0.15) is 0 Å². The Morgan fingerprint density at radius 3 is 2.81 bits per heavy atom. The van der Waals surface area contributed by atoms with E-state index in [0.717, 1.165) is 24.2 Å². The first-order valence-electron chi connectivity index (χ1n) is 9.62. The largest absolute Gasteiger partial charge is 0.489 e. The molecule has 6 heteroatoms. The Balaban J connectivity index is 1.90. The van der Waals surface area contributed by atoms with Crippen molar-refractivity contribution in [2.45, 2.75) is 50.7 Å². The summed E-state index contributed by atoms with van der Waals surface area (Å²) >= 11 is 0. The van der Waals surface area contributed by atoms with E-state index in [9.17, 15) is 9.59 Å². The van der Waals surface area contributed by atoms with Crippen LogP contribution in [-0.4, -0.2) is 49.1 Å². The molecular weight excluding hydrogens is 344 g/mol. The molecule has 0 spiro atoms. The molecule has 0 aromatic heterocycles. The third-order valence-corrected chi connectivity index (χ3v) is 5.37. The zero-order valence-corrected chi connectivity index (χ0v) is 16.0. The van der Waals surface area contributed by atoms with Crippen LogP contribution < -0.4 is 10.5 Å². The predicted octanol–water partition coefficient (Wildman–Crippen LogP) is 2.38. The number of rotatable bonds is 8. The second-order valence-electron chi connectivity index (χ2n) is 7.14. The van der Waals surface area contributed by atoms with Gasteiger partial charge in [0.05, 0.1) is 18.6 Å². The first-order chi connectivity index (χ1) is 13.1. The van der Waals surface area contributed by atoms with Gasteiger partial charge in [-0.3, -0.25) is 9.59 Å². The number of ether oxygens (including phenoxy) is 2. The maximum atomic E-state index is 12.8. The molecule has 0 bridgehead atoms. The van der Waals surface area contributed by atoms with Gasteiger partial charge < -0.3 is 20.1 Å². The van der Waals surface area contributed by atoms with E-state index in [0.29, 0.717) is 31.6 Å². The van der Waals surface area contributed by atoms with Crippen LogP contribution >= 0.6 is 0 Å². The van der Waals surface area contributed by atoms with Crippen molar-refractivity contribution in [1.29, 1.82) is 0 Å². The third-order valence-electron chi connectivity index (χ3n) is 5.37. The molecule has 2 amide bonds. The van der Waals surface area contributed by atoms with Crippen LogP contribution in [0.5, 0.6) is 5.75 Å². The van der Waals surface area contributed by atoms with Gasteiger partial charge in [0, 0.05) is 37.6 Å². The smallest absolute Gasteiger partial charge is 0.245 e. The van der Waals surface area contributed by atoms with Crippen molar-refractivity contribution in [2.24, 2.45) is 5.73 Å². The molecule has 27 heavy (non-hydrogen) atoms. The van der Waals surface area contributed by atoms with Gasteiger partial charge in [-0.05, 0) is 12.5 Å². The normalized spacial score (nSPS) is 23.0. The highest BCUT2D eigenvalue weighted by Crippen LogP contribution is 2.46. The Hall–Kier alpha value is -2.34. The van der Waals surface area contributed by atoms with E-state index >= 15 is 0 Å². The molecule has 2 aliphatic rings. The lowest BCUT2D eigenvalue weighted by Gasteiger charge is -2.37. The predicted molar refractivity (Wildman–Crippen MR) is 102 cm³/mol. The Bertz CT molecular complexity index is 731. The minimum Gasteiger partial charge on any atom is -0.489 e. The number of hydrogen-bond acceptors (Lipinski definition) is 4. The Morgan fingerprint density at radius 2 is 2.11 bits per heavy atom. The number of amides is 2. The fraction of sp³-hybridized carbons (Fsp3) is 0.524. The second-order valence-corrected chi connectivity index (χ2v) is 7.14. The number of para-hydroxylation sites is 1. The molecule has 1 heterocycles. The van der Waals surface area contributed by atoms with Crippen molar-refractivity contribution in [1.82, 2.24) is 4.90 Å². The average molecular weight is 372 g/mol. The first-order valence-corrected chi connectivity index (χ1v) is 9.62. The summed E-state index contributed by atoms with van der Waals surface area (Å²) < 4.78 is 11.3. The van der Waals surface area contributed by atoms with Crippen molar-refractivity contribution in [3.05, 3.63) is 41.5 Å². The standard InChI is InChI=1S/C21H28N2O4/c1-3-4-9-19(24)23(10-11-26-2)14-12-16(21(22)25)20-15-7-5-6-8-17(15)27-18(20)13-14/h5-8,12,14,18,20H,3-4,9-11,13H2,1-2H3,(H2,22,25). The van der Waals surface area contributed by atoms with Gasteiger partial charge in [0.15, 0.2) is 0 Å². The summed E-state index contributed by atoms with van der Waals surface area (Å²) in [6, 6.07) is 7.53. The summed E-state index contributed by atoms with van der Waals surface area (Å²) in [6.45, 7) is 2.99. The van der Waals surface area contributed by atoms with E-state index in [1.807, 2.05) is 35.2 Å². The minimum atomic E-state index is -0.456. The van der Waals surface area contributed by atoms with Gasteiger partial charge in [-0.1, -0.05) is 37.6 Å². The average Bonchev–Trinajstić information content (AvgIpc) is 3.04. The molecule has 1 aromatic rings. The minimum absolute atomic E-state index is 0.0768. The van der Waals surface area contributed by atoms with Gasteiger partial charge in [-0.25, -0.2) is 0 Å². The number of nitrogens with zero attached hydrogens (tertiary/aromatic N) is 1. The zero-order valence-electron chi connectivity index (χ0n) is 16.0. The number of nitrogens with two attached hydrogens (primary N) is 1. The van der Waals surface area contributed by atoms with E-state index in [-0.39, 0.29) is 24.0 Å². The number of unbranched alkanes of at least 4 members (excludes halogenated alkanes) is 1. The summed E-state index contributed by atoms with van der Waals surface area (Å²) in [7, 11) is 1.62. The molecule has 1 aliphatic heterocycles. The summed E-state index contributed by atoms with van der Waals surface area (Å²) in [4.78, 5) is 26.8. The Labute approximate surface area is 160 Å². The Kier molecular flexibility index (Phi) is 6.16. The molecule has 146 valence electrons. The van der Waals surface area contributed by atoms with Gasteiger partial charge in [0.25, 0.3) is 0 Å². The molecule has 0 fully saturated rings. The van der Waals surface area contributed by atoms with Crippen molar-refractivity contribution in [3.8, 4) is 5.75 Å². The Morgan fingerprint density at radius 1 is 1.33 bits per heavy atom.